The Morgan fingerprint density at radius 1 is 1.33 bits per heavy atom. The molecule has 2 heterocycles. The average molecular weight is 204 g/mol. The van der Waals surface area contributed by atoms with Gasteiger partial charge in [0.1, 0.15) is 6.33 Å². The Hall–Kier alpha value is -1.91. The Kier molecular flexibility index (Phi) is 2.37. The Morgan fingerprint density at radius 3 is 2.73 bits per heavy atom. The van der Waals surface area contributed by atoms with Gasteiger partial charge in [-0.15, -0.1) is 0 Å². The maximum atomic E-state index is 11.5. The second-order valence-corrected chi connectivity index (χ2v) is 3.54. The average Bonchev–Trinajstić information content (AvgIpc) is 2.71. The van der Waals surface area contributed by atoms with Crippen molar-refractivity contribution < 1.29 is 0 Å². The topological polar surface area (TPSA) is 52.7 Å². The van der Waals surface area contributed by atoms with Gasteiger partial charge in [0.25, 0.3) is 5.56 Å². The monoisotopic (exact) mass is 204 g/mol. The van der Waals surface area contributed by atoms with Gasteiger partial charge in [0.2, 0.25) is 0 Å². The fraction of sp³-hybridized carbons (Fsp3) is 0.300. The predicted octanol–water partition coefficient (Wildman–Crippen LogP) is 1.01. The molecule has 5 nitrogen and oxygen atoms in total. The quantitative estimate of drug-likeness (QED) is 0.733. The molecule has 0 saturated carbocycles. The van der Waals surface area contributed by atoms with E-state index in [1.54, 1.807) is 29.4 Å². The second kappa shape index (κ2) is 3.68. The molecule has 78 valence electrons. The van der Waals surface area contributed by atoms with E-state index in [4.69, 9.17) is 0 Å². The molecule has 0 unspecified atom stereocenters. The van der Waals surface area contributed by atoms with E-state index < -0.39 is 0 Å². The molecule has 0 aliphatic heterocycles. The molecule has 0 N–H and O–H groups in total. The summed E-state index contributed by atoms with van der Waals surface area (Å²) in [7, 11) is 0. The van der Waals surface area contributed by atoms with Crippen LogP contribution in [0, 0.1) is 0 Å². The first-order chi connectivity index (χ1) is 7.18. The molecule has 0 saturated heterocycles. The number of hydrogen-bond donors (Lipinski definition) is 0. The van der Waals surface area contributed by atoms with E-state index in [1.807, 2.05) is 13.8 Å². The number of imidazole rings is 1. The van der Waals surface area contributed by atoms with Crippen LogP contribution in [0.2, 0.25) is 0 Å². The van der Waals surface area contributed by atoms with E-state index >= 15 is 0 Å². The third-order valence-corrected chi connectivity index (χ3v) is 2.07. The predicted molar refractivity (Wildman–Crippen MR) is 56.0 cm³/mol. The maximum Gasteiger partial charge on any atom is 0.267 e. The normalized spacial score (nSPS) is 10.9. The van der Waals surface area contributed by atoms with Crippen molar-refractivity contribution in [1.29, 1.82) is 0 Å². The van der Waals surface area contributed by atoms with Crippen LogP contribution in [0.5, 0.6) is 0 Å². The molecule has 0 fully saturated rings. The zero-order valence-electron chi connectivity index (χ0n) is 8.66. The van der Waals surface area contributed by atoms with E-state index in [9.17, 15) is 4.79 Å². The van der Waals surface area contributed by atoms with Crippen molar-refractivity contribution >= 4 is 0 Å². The fourth-order valence-electron chi connectivity index (χ4n) is 1.32. The molecule has 0 bridgehead atoms. The van der Waals surface area contributed by atoms with Crippen LogP contribution in [0.25, 0.3) is 5.82 Å². The molecule has 0 atom stereocenters. The smallest absolute Gasteiger partial charge is 0.267 e. The SMILES string of the molecule is CC(C)n1nc(-n2ccnc2)ccc1=O. The van der Waals surface area contributed by atoms with Crippen LogP contribution in [-0.2, 0) is 0 Å². The van der Waals surface area contributed by atoms with Gasteiger partial charge in [-0.05, 0) is 19.9 Å². The van der Waals surface area contributed by atoms with E-state index in [0.29, 0.717) is 5.82 Å². The molecule has 0 amide bonds. The summed E-state index contributed by atoms with van der Waals surface area (Å²) in [4.78, 5) is 15.4. The van der Waals surface area contributed by atoms with Crippen molar-refractivity contribution in [3.8, 4) is 5.82 Å². The van der Waals surface area contributed by atoms with Gasteiger partial charge >= 0.3 is 0 Å². The highest BCUT2D eigenvalue weighted by molar-refractivity contribution is 5.19. The van der Waals surface area contributed by atoms with Crippen molar-refractivity contribution in [2.45, 2.75) is 19.9 Å². The van der Waals surface area contributed by atoms with Crippen LogP contribution >= 0.6 is 0 Å². The van der Waals surface area contributed by atoms with Gasteiger partial charge in [-0.1, -0.05) is 0 Å². The zero-order valence-corrected chi connectivity index (χ0v) is 8.66. The minimum Gasteiger partial charge on any atom is -0.289 e. The summed E-state index contributed by atoms with van der Waals surface area (Å²) in [6, 6.07) is 3.26. The molecule has 5 heteroatoms. The number of hydrogen-bond acceptors (Lipinski definition) is 3. The minimum absolute atomic E-state index is 0.0565. The second-order valence-electron chi connectivity index (χ2n) is 3.54. The standard InChI is InChI=1S/C10H12N4O/c1-8(2)14-10(15)4-3-9(12-14)13-6-5-11-7-13/h3-8H,1-2H3. The van der Waals surface area contributed by atoms with Crippen molar-refractivity contribution in [2.75, 3.05) is 0 Å². The summed E-state index contributed by atoms with van der Waals surface area (Å²) in [6.45, 7) is 3.85. The Labute approximate surface area is 87.0 Å². The first-order valence-corrected chi connectivity index (χ1v) is 4.76. The lowest BCUT2D eigenvalue weighted by atomic mass is 10.4. The first kappa shape index (κ1) is 9.64. The first-order valence-electron chi connectivity index (χ1n) is 4.76. The third kappa shape index (κ3) is 1.81. The highest BCUT2D eigenvalue weighted by atomic mass is 16.1. The zero-order chi connectivity index (χ0) is 10.8. The lowest BCUT2D eigenvalue weighted by Gasteiger charge is -2.09. The minimum atomic E-state index is -0.0890. The van der Waals surface area contributed by atoms with E-state index in [2.05, 4.69) is 10.1 Å². The van der Waals surface area contributed by atoms with Gasteiger partial charge in [0.15, 0.2) is 5.82 Å². The molecule has 0 aliphatic carbocycles. The largest absolute Gasteiger partial charge is 0.289 e. The molecule has 0 aliphatic rings. The summed E-state index contributed by atoms with van der Waals surface area (Å²) < 4.78 is 3.22. The molecule has 0 aromatic carbocycles. The van der Waals surface area contributed by atoms with Crippen LogP contribution in [0.15, 0.2) is 35.6 Å². The van der Waals surface area contributed by atoms with E-state index in [0.717, 1.165) is 0 Å². The van der Waals surface area contributed by atoms with Crippen LogP contribution < -0.4 is 5.56 Å². The molecule has 2 rings (SSSR count). The van der Waals surface area contributed by atoms with Gasteiger partial charge in [-0.3, -0.25) is 9.36 Å². The summed E-state index contributed by atoms with van der Waals surface area (Å²) in [5.41, 5.74) is -0.0890. The van der Waals surface area contributed by atoms with Gasteiger partial charge in [0, 0.05) is 18.5 Å². The van der Waals surface area contributed by atoms with Crippen LogP contribution in [-0.4, -0.2) is 19.3 Å². The Morgan fingerprint density at radius 2 is 2.13 bits per heavy atom. The molecule has 2 aromatic rings. The van der Waals surface area contributed by atoms with Crippen molar-refractivity contribution in [3.05, 3.63) is 41.2 Å². The molecule has 0 spiro atoms. The number of rotatable bonds is 2. The van der Waals surface area contributed by atoms with Crippen LogP contribution in [0.3, 0.4) is 0 Å². The van der Waals surface area contributed by atoms with Gasteiger partial charge < -0.3 is 0 Å². The molecule has 0 radical (unpaired) electrons. The molecule has 2 aromatic heterocycles. The Bertz CT molecular complexity index is 498. The highest BCUT2D eigenvalue weighted by Crippen LogP contribution is 2.02. The van der Waals surface area contributed by atoms with Gasteiger partial charge in [0.05, 0.1) is 6.04 Å². The van der Waals surface area contributed by atoms with Crippen LogP contribution in [0.4, 0.5) is 0 Å². The summed E-state index contributed by atoms with van der Waals surface area (Å²) >= 11 is 0. The van der Waals surface area contributed by atoms with E-state index in [-0.39, 0.29) is 11.6 Å². The summed E-state index contributed by atoms with van der Waals surface area (Å²) in [6.07, 6.45) is 5.11. The van der Waals surface area contributed by atoms with Gasteiger partial charge in [-0.25, -0.2) is 9.67 Å². The third-order valence-electron chi connectivity index (χ3n) is 2.07. The highest BCUT2D eigenvalue weighted by Gasteiger charge is 2.04. The molecular weight excluding hydrogens is 192 g/mol. The lowest BCUT2D eigenvalue weighted by molar-refractivity contribution is 0.498. The van der Waals surface area contributed by atoms with Crippen molar-refractivity contribution in [2.24, 2.45) is 0 Å². The molecule has 15 heavy (non-hydrogen) atoms. The fourth-order valence-corrected chi connectivity index (χ4v) is 1.32. The molecular formula is C10H12N4O. The van der Waals surface area contributed by atoms with E-state index in [1.165, 1.54) is 10.7 Å². The Balaban J connectivity index is 2.53. The number of nitrogens with zero attached hydrogens (tertiary/aromatic N) is 4. The lowest BCUT2D eigenvalue weighted by Crippen LogP contribution is -2.24. The maximum absolute atomic E-state index is 11.5. The summed E-state index contributed by atoms with van der Waals surface area (Å²) in [5, 5.41) is 4.24. The number of aromatic nitrogens is 4. The van der Waals surface area contributed by atoms with Crippen molar-refractivity contribution in [3.63, 3.8) is 0 Å². The van der Waals surface area contributed by atoms with Crippen LogP contribution in [0.1, 0.15) is 19.9 Å². The van der Waals surface area contributed by atoms with Gasteiger partial charge in [-0.2, -0.15) is 5.10 Å². The van der Waals surface area contributed by atoms with Crippen molar-refractivity contribution in [1.82, 2.24) is 19.3 Å². The summed E-state index contributed by atoms with van der Waals surface area (Å²) in [5.74, 6) is 0.695.